The van der Waals surface area contributed by atoms with E-state index in [0.29, 0.717) is 82.0 Å². The van der Waals surface area contributed by atoms with Gasteiger partial charge in [0.15, 0.2) is 34.7 Å². The number of carboxylic acid groups (broad SMARTS) is 1. The average Bonchev–Trinajstić information content (AvgIpc) is 1.46. The molecule has 4 spiro atoms. The lowest BCUT2D eigenvalue weighted by Gasteiger charge is -2.38. The monoisotopic (exact) mass is 1610 g/mol. The molecule has 0 radical (unpaired) electrons. The van der Waals surface area contributed by atoms with Crippen molar-refractivity contribution in [2.75, 3.05) is 40.3 Å². The number of hydrogen-bond acceptors (Lipinski definition) is 15. The van der Waals surface area contributed by atoms with Crippen molar-refractivity contribution in [1.29, 1.82) is 0 Å². The minimum Gasteiger partial charge on any atom is -0.481 e. The molecular weight excluding hydrogens is 1460 g/mol. The Morgan fingerprint density at radius 1 is 0.518 bits per heavy atom. The van der Waals surface area contributed by atoms with Crippen LogP contribution in [0.4, 0.5) is 0 Å². The van der Waals surface area contributed by atoms with Gasteiger partial charge in [0.05, 0.1) is 30.1 Å². The first-order valence-electron chi connectivity index (χ1n) is 45.6. The highest BCUT2D eigenvalue weighted by Crippen LogP contribution is 2.89. The number of amides is 3. The van der Waals surface area contributed by atoms with Gasteiger partial charge in [-0.2, -0.15) is 0 Å². The number of ketones is 8. The number of carboxylic acids is 1. The summed E-state index contributed by atoms with van der Waals surface area (Å²) in [4.78, 5) is 173. The van der Waals surface area contributed by atoms with Gasteiger partial charge in [-0.25, -0.2) is 0 Å². The smallest absolute Gasteiger partial charge is 0.307 e. The van der Waals surface area contributed by atoms with Crippen molar-refractivity contribution in [2.24, 2.45) is 108 Å². The zero-order chi connectivity index (χ0) is 82.9. The Hall–Kier alpha value is -4.59. The van der Waals surface area contributed by atoms with Gasteiger partial charge in [0.2, 0.25) is 29.3 Å². The SMILES string of the molecule is CC(C)N1CCC[C@@H](C(=O)O)C1.CCC[C@H](CC(=O)[C@@H]1C[C@@]2(CN1C(=O)[C@@H](CC(=O)[C@@H](N)C1CCCCC1)C(C)(C)C)C(C)(C)C21CCC1)C(=O)C(=O)CC1CC1.CCC[C@H](CC(=O)[C@@H]1C[C@@]2(CN1C(=O)[C@@H](CC(=O)[C@@H](NC(=O)[C@@H]1CCCC(N(C)C)C1)C1CCCCC1)C(C)(C)C)C(C)(C)C21CCC1)C(=O)C(=O)CC1CC1.Cl. The summed E-state index contributed by atoms with van der Waals surface area (Å²) in [6.45, 7) is 32.3. The molecule has 12 rings (SSSR count). The van der Waals surface area contributed by atoms with Crippen LogP contribution in [0.5, 0.6) is 0 Å². The zero-order valence-corrected chi connectivity index (χ0v) is 74.4. The number of rotatable bonds is 33. The zero-order valence-electron chi connectivity index (χ0n) is 73.6. The first-order chi connectivity index (χ1) is 53.1. The second-order valence-electron chi connectivity index (χ2n) is 42.6. The molecule has 13 atom stereocenters. The molecule has 12 aliphatic rings. The summed E-state index contributed by atoms with van der Waals surface area (Å²) in [5, 5.41) is 12.1. The van der Waals surface area contributed by atoms with Crippen LogP contribution in [0, 0.1) is 102 Å². The van der Waals surface area contributed by atoms with Crippen LogP contribution in [0.3, 0.4) is 0 Å². The number of hydrogen-bond donors (Lipinski definition) is 3. The molecule has 0 aromatic heterocycles. The molecule has 20 heteroatoms. The van der Waals surface area contributed by atoms with E-state index in [-0.39, 0.29) is 153 Å². The van der Waals surface area contributed by atoms with Crippen molar-refractivity contribution >= 4 is 82.4 Å². The summed E-state index contributed by atoms with van der Waals surface area (Å²) in [5.74, 6) is -4.75. The van der Waals surface area contributed by atoms with E-state index in [1.54, 1.807) is 0 Å². The van der Waals surface area contributed by atoms with E-state index in [0.717, 1.165) is 167 Å². The second-order valence-corrected chi connectivity index (χ2v) is 42.6. The second kappa shape index (κ2) is 37.6. The van der Waals surface area contributed by atoms with Gasteiger partial charge >= 0.3 is 5.97 Å². The maximum absolute atomic E-state index is 15.2. The fraction of sp³-hybridized carbons (Fsp3) is 0.872. The number of piperidine rings is 1. The van der Waals surface area contributed by atoms with Crippen molar-refractivity contribution < 1.29 is 62.6 Å². The van der Waals surface area contributed by atoms with E-state index in [2.05, 4.69) is 70.8 Å². The first-order valence-corrected chi connectivity index (χ1v) is 45.6. The van der Waals surface area contributed by atoms with Crippen molar-refractivity contribution in [1.82, 2.24) is 24.9 Å². The van der Waals surface area contributed by atoms with Gasteiger partial charge in [0.1, 0.15) is 0 Å². The minimum absolute atomic E-state index is 0. The third kappa shape index (κ3) is 19.6. The largest absolute Gasteiger partial charge is 0.481 e. The number of fused-ring (bicyclic) bond motifs is 2. The van der Waals surface area contributed by atoms with Crippen LogP contribution >= 0.6 is 12.4 Å². The number of likely N-dealkylation sites (tertiary alicyclic amines) is 3. The lowest BCUT2D eigenvalue weighted by Crippen LogP contribution is -2.52. The van der Waals surface area contributed by atoms with Gasteiger partial charge in [0.25, 0.3) is 0 Å². The number of carbonyl (C=O) groups excluding carboxylic acids is 11. The fourth-order valence-electron chi connectivity index (χ4n) is 24.3. The molecule has 4 N–H and O–H groups in total. The van der Waals surface area contributed by atoms with Crippen LogP contribution in [0.1, 0.15) is 341 Å². The van der Waals surface area contributed by atoms with Gasteiger partial charge in [-0.15, -0.1) is 12.4 Å². The Bertz CT molecular complexity index is 3470. The van der Waals surface area contributed by atoms with Gasteiger partial charge in [-0.3, -0.25) is 57.5 Å². The van der Waals surface area contributed by atoms with Crippen molar-refractivity contribution in [3.8, 4) is 0 Å². The topological polar surface area (TPSA) is 276 Å². The van der Waals surface area contributed by atoms with E-state index in [9.17, 15) is 52.7 Å². The first kappa shape index (κ1) is 93.3. The molecule has 19 nitrogen and oxygen atoms in total. The molecule has 9 aliphatic carbocycles. The van der Waals surface area contributed by atoms with Gasteiger partial charge < -0.3 is 35.8 Å². The van der Waals surface area contributed by atoms with E-state index < -0.39 is 76.2 Å². The number of halogens is 1. The molecule has 0 bridgehead atoms. The van der Waals surface area contributed by atoms with E-state index in [1.165, 1.54) is 12.8 Å². The molecule has 0 aromatic carbocycles. The Labute approximate surface area is 691 Å². The predicted molar refractivity (Wildman–Crippen MR) is 448 cm³/mol. The predicted octanol–water partition coefficient (Wildman–Crippen LogP) is 16.1. The normalized spacial score (nSPS) is 29.1. The van der Waals surface area contributed by atoms with E-state index >= 15 is 4.79 Å². The summed E-state index contributed by atoms with van der Waals surface area (Å²) in [6, 6.07) is -1.67. The molecule has 3 heterocycles. The molecule has 0 aromatic rings. The molecule has 9 saturated carbocycles. The molecule has 1 unspecified atom stereocenters. The van der Waals surface area contributed by atoms with Gasteiger partial charge in [-0.1, -0.05) is 154 Å². The molecule has 3 aliphatic heterocycles. The highest BCUT2D eigenvalue weighted by Gasteiger charge is 2.86. The number of nitrogens with two attached hydrogens (primary N) is 1. The molecule has 3 saturated heterocycles. The third-order valence-electron chi connectivity index (χ3n) is 32.8. The van der Waals surface area contributed by atoms with Crippen molar-refractivity contribution in [3.63, 3.8) is 0 Å². The highest BCUT2D eigenvalue weighted by molar-refractivity contribution is 6.39. The lowest BCUT2D eigenvalue weighted by atomic mass is 9.73. The third-order valence-corrected chi connectivity index (χ3v) is 32.8. The lowest BCUT2D eigenvalue weighted by molar-refractivity contribution is -0.147. The van der Waals surface area contributed by atoms with Crippen LogP contribution in [0.2, 0.25) is 0 Å². The molecule has 12 fully saturated rings. The van der Waals surface area contributed by atoms with Crippen LogP contribution in [0.15, 0.2) is 0 Å². The maximum Gasteiger partial charge on any atom is 0.307 e. The summed E-state index contributed by atoms with van der Waals surface area (Å²) in [5.41, 5.74) is 5.38. The minimum atomic E-state index is -0.683. The van der Waals surface area contributed by atoms with Crippen LogP contribution in [0.25, 0.3) is 0 Å². The molecular formula is C94H153ClN6O13. The molecule has 114 heavy (non-hydrogen) atoms. The van der Waals surface area contributed by atoms with E-state index in [1.807, 2.05) is 65.2 Å². The highest BCUT2D eigenvalue weighted by atomic mass is 35.5. The summed E-state index contributed by atoms with van der Waals surface area (Å²) < 4.78 is 0. The van der Waals surface area contributed by atoms with Crippen LogP contribution in [-0.2, 0) is 57.5 Å². The Kier molecular flexibility index (Phi) is 30.8. The van der Waals surface area contributed by atoms with Gasteiger partial charge in [0, 0.05) is 111 Å². The van der Waals surface area contributed by atoms with Gasteiger partial charge in [-0.05, 0) is 225 Å². The quantitative estimate of drug-likeness (QED) is 0.0515. The Morgan fingerprint density at radius 2 is 0.939 bits per heavy atom. The Morgan fingerprint density at radius 3 is 1.31 bits per heavy atom. The van der Waals surface area contributed by atoms with Crippen LogP contribution < -0.4 is 11.1 Å². The molecule has 3 amide bonds. The van der Waals surface area contributed by atoms with Crippen molar-refractivity contribution in [3.05, 3.63) is 0 Å². The maximum atomic E-state index is 15.2. The standard InChI is InChI=1S/C47H75N3O6.C38H60N2O5.C9H17NO2.ClH/c1-9-15-32(41(54)39(53)24-30-20-21-30)26-37(51)36-28-47(45(5,6)46(47)22-14-23-46)29-50(36)43(56)35(44(2,3)4)27-38(52)40(31-16-11-10-12-17-31)48-42(55)33-18-13-19-34(25-33)49(7)8;1-7-12-26(33(44)31(43)19-24-15-16-24)20-29(41)28-22-38(36(5,6)37(38)17-11-18-37)23-40(28)34(45)27(35(2,3)4)21-30(42)32(39)25-13-9-8-10-14-25;1-7(2)10-5-3-4-8(6-10)9(11)12;/h30-36,40H,9-29H2,1-8H3,(H,48,55);24-28,32H,7-23,39H2,1-6H3;7-8H,3-6H2,1-2H3,(H,11,12);1H/t32-,33-,34?,35-,36+,40+,47-;26-,27-,28+,32+,38-;8-;/m111./s1. The summed E-state index contributed by atoms with van der Waals surface area (Å²) >= 11 is 0. The summed E-state index contributed by atoms with van der Waals surface area (Å²) in [6.07, 6.45) is 30.8. The summed E-state index contributed by atoms with van der Waals surface area (Å²) in [7, 11) is 4.14. The fourth-order valence-corrected chi connectivity index (χ4v) is 24.3. The number of aliphatic carboxylic acids is 1. The Balaban J connectivity index is 0.000000229. The van der Waals surface area contributed by atoms with Crippen molar-refractivity contribution in [2.45, 2.75) is 377 Å². The van der Waals surface area contributed by atoms with Crippen LogP contribution in [-0.4, -0.2) is 171 Å². The number of nitrogens with one attached hydrogen (secondary N) is 1. The number of Topliss-reactive ketones (excluding diaryl/α,β-unsaturated/α-hetero) is 8. The molecule has 644 valence electrons. The number of carbonyl (C=O) groups is 12. The number of nitrogens with zero attached hydrogens (tertiary/aromatic N) is 4. The average molecular weight is 1610 g/mol. The van der Waals surface area contributed by atoms with E-state index in [4.69, 9.17) is 10.8 Å².